The fourth-order valence-electron chi connectivity index (χ4n) is 3.36. The molecule has 3 aromatic rings. The zero-order valence-corrected chi connectivity index (χ0v) is 19.2. The van der Waals surface area contributed by atoms with Crippen LogP contribution < -0.4 is 0 Å². The predicted octanol–water partition coefficient (Wildman–Crippen LogP) is 7.96. The standard InChI is InChI=1S/C25H24Br2O/c1-2-3-4-18-5-7-19(8-6-18)24(20-9-13-22(26)14-10-20)17-25(28)21-11-15-23(27)16-12-21/h5-16,24H,2-4,17H2,1H3. The minimum absolute atomic E-state index is 0.0458. The van der Waals surface area contributed by atoms with Gasteiger partial charge in [-0.25, -0.2) is 0 Å². The lowest BCUT2D eigenvalue weighted by Gasteiger charge is -2.18. The minimum atomic E-state index is 0.0458. The second-order valence-electron chi connectivity index (χ2n) is 7.08. The van der Waals surface area contributed by atoms with Crippen molar-refractivity contribution >= 4 is 37.6 Å². The molecule has 144 valence electrons. The Hall–Kier alpha value is -1.71. The summed E-state index contributed by atoms with van der Waals surface area (Å²) >= 11 is 6.94. The molecular weight excluding hydrogens is 476 g/mol. The molecule has 0 bridgehead atoms. The van der Waals surface area contributed by atoms with Crippen molar-refractivity contribution in [1.82, 2.24) is 0 Å². The van der Waals surface area contributed by atoms with E-state index in [1.807, 2.05) is 36.4 Å². The molecule has 1 atom stereocenters. The van der Waals surface area contributed by atoms with E-state index in [0.29, 0.717) is 6.42 Å². The summed E-state index contributed by atoms with van der Waals surface area (Å²) in [4.78, 5) is 13.0. The van der Waals surface area contributed by atoms with Gasteiger partial charge in [-0.1, -0.05) is 93.7 Å². The number of unbranched alkanes of at least 4 members (excludes halogenated alkanes) is 1. The average Bonchev–Trinajstić information content (AvgIpc) is 2.72. The Labute approximate surface area is 184 Å². The number of Topliss-reactive ketones (excluding diaryl/α,β-unsaturated/α-hetero) is 1. The van der Waals surface area contributed by atoms with E-state index < -0.39 is 0 Å². The van der Waals surface area contributed by atoms with Crippen LogP contribution >= 0.6 is 31.9 Å². The van der Waals surface area contributed by atoms with Crippen LogP contribution in [0.25, 0.3) is 0 Å². The summed E-state index contributed by atoms with van der Waals surface area (Å²) < 4.78 is 2.03. The predicted molar refractivity (Wildman–Crippen MR) is 124 cm³/mol. The summed E-state index contributed by atoms with van der Waals surface area (Å²) in [6, 6.07) is 24.7. The first-order chi connectivity index (χ1) is 13.6. The summed E-state index contributed by atoms with van der Waals surface area (Å²) in [6.07, 6.45) is 3.97. The average molecular weight is 500 g/mol. The molecule has 28 heavy (non-hydrogen) atoms. The van der Waals surface area contributed by atoms with Gasteiger partial charge in [-0.15, -0.1) is 0 Å². The molecule has 0 heterocycles. The van der Waals surface area contributed by atoms with Crippen LogP contribution in [-0.2, 0) is 6.42 Å². The molecule has 0 radical (unpaired) electrons. The molecule has 0 fully saturated rings. The maximum absolute atomic E-state index is 13.0. The van der Waals surface area contributed by atoms with Crippen molar-refractivity contribution in [2.45, 2.75) is 38.5 Å². The van der Waals surface area contributed by atoms with Gasteiger partial charge in [0.15, 0.2) is 5.78 Å². The number of carbonyl (C=O) groups is 1. The van der Waals surface area contributed by atoms with Gasteiger partial charge in [-0.2, -0.15) is 0 Å². The van der Waals surface area contributed by atoms with Gasteiger partial charge >= 0.3 is 0 Å². The van der Waals surface area contributed by atoms with Crippen molar-refractivity contribution in [2.24, 2.45) is 0 Å². The lowest BCUT2D eigenvalue weighted by Crippen LogP contribution is -2.09. The van der Waals surface area contributed by atoms with Gasteiger partial charge in [-0.05, 0) is 53.8 Å². The van der Waals surface area contributed by atoms with Crippen molar-refractivity contribution in [1.29, 1.82) is 0 Å². The van der Waals surface area contributed by atoms with Crippen LogP contribution in [0.2, 0.25) is 0 Å². The van der Waals surface area contributed by atoms with Crippen molar-refractivity contribution in [3.05, 3.63) is 104 Å². The van der Waals surface area contributed by atoms with Crippen LogP contribution in [0.5, 0.6) is 0 Å². The second-order valence-corrected chi connectivity index (χ2v) is 8.91. The fraction of sp³-hybridized carbons (Fsp3) is 0.240. The number of ketones is 1. The van der Waals surface area contributed by atoms with Gasteiger partial charge in [0.05, 0.1) is 0 Å². The Morgan fingerprint density at radius 3 is 1.82 bits per heavy atom. The van der Waals surface area contributed by atoms with Crippen LogP contribution in [0.4, 0.5) is 0 Å². The van der Waals surface area contributed by atoms with Crippen LogP contribution in [-0.4, -0.2) is 5.78 Å². The Balaban J connectivity index is 1.87. The van der Waals surface area contributed by atoms with Gasteiger partial charge in [-0.3, -0.25) is 4.79 Å². The number of benzene rings is 3. The molecule has 3 rings (SSSR count). The largest absolute Gasteiger partial charge is 0.294 e. The van der Waals surface area contributed by atoms with Crippen LogP contribution in [0.1, 0.15) is 59.2 Å². The normalized spacial score (nSPS) is 12.0. The molecule has 3 heteroatoms. The molecule has 0 aliphatic carbocycles. The molecule has 0 aromatic heterocycles. The minimum Gasteiger partial charge on any atom is -0.294 e. The molecule has 0 saturated heterocycles. The molecule has 0 spiro atoms. The number of hydrogen-bond acceptors (Lipinski definition) is 1. The molecule has 0 aliphatic heterocycles. The Morgan fingerprint density at radius 1 is 0.786 bits per heavy atom. The first-order valence-corrected chi connectivity index (χ1v) is 11.3. The summed E-state index contributed by atoms with van der Waals surface area (Å²) in [5, 5.41) is 0. The molecule has 1 nitrogen and oxygen atoms in total. The van der Waals surface area contributed by atoms with Crippen LogP contribution in [0.3, 0.4) is 0 Å². The third kappa shape index (κ3) is 5.65. The highest BCUT2D eigenvalue weighted by atomic mass is 79.9. The van der Waals surface area contributed by atoms with Gasteiger partial charge < -0.3 is 0 Å². The number of aryl methyl sites for hydroxylation is 1. The van der Waals surface area contributed by atoms with E-state index >= 15 is 0 Å². The molecule has 0 saturated carbocycles. The van der Waals surface area contributed by atoms with Crippen LogP contribution in [0, 0.1) is 0 Å². The summed E-state index contributed by atoms with van der Waals surface area (Å²) in [5.74, 6) is 0.208. The highest BCUT2D eigenvalue weighted by Crippen LogP contribution is 2.31. The summed E-state index contributed by atoms with van der Waals surface area (Å²) in [5.41, 5.74) is 4.47. The Kier molecular flexibility index (Phi) is 7.64. The number of halogens is 2. The number of carbonyl (C=O) groups excluding carboxylic acids is 1. The molecule has 0 amide bonds. The zero-order chi connectivity index (χ0) is 19.9. The van der Waals surface area contributed by atoms with Gasteiger partial charge in [0.25, 0.3) is 0 Å². The van der Waals surface area contributed by atoms with Crippen molar-refractivity contribution in [3.63, 3.8) is 0 Å². The molecule has 0 aliphatic rings. The number of hydrogen-bond donors (Lipinski definition) is 0. The quantitative estimate of drug-likeness (QED) is 0.287. The molecule has 1 unspecified atom stereocenters. The second kappa shape index (κ2) is 10.2. The Bertz CT molecular complexity index is 897. The highest BCUT2D eigenvalue weighted by Gasteiger charge is 2.19. The fourth-order valence-corrected chi connectivity index (χ4v) is 3.89. The van der Waals surface area contributed by atoms with E-state index in [1.165, 1.54) is 24.0 Å². The van der Waals surface area contributed by atoms with Crippen LogP contribution in [0.15, 0.2) is 81.7 Å². The van der Waals surface area contributed by atoms with E-state index in [-0.39, 0.29) is 11.7 Å². The molecule has 3 aromatic carbocycles. The first kappa shape index (κ1) is 21.0. The topological polar surface area (TPSA) is 17.1 Å². The van der Waals surface area contributed by atoms with Crippen molar-refractivity contribution in [2.75, 3.05) is 0 Å². The molecule has 0 N–H and O–H groups in total. The molecular formula is C25H24Br2O. The third-order valence-corrected chi connectivity index (χ3v) is 6.09. The van der Waals surface area contributed by atoms with Crippen molar-refractivity contribution in [3.8, 4) is 0 Å². The van der Waals surface area contributed by atoms with E-state index in [4.69, 9.17) is 0 Å². The highest BCUT2D eigenvalue weighted by molar-refractivity contribution is 9.10. The lowest BCUT2D eigenvalue weighted by atomic mass is 9.85. The smallest absolute Gasteiger partial charge is 0.163 e. The van der Waals surface area contributed by atoms with Crippen molar-refractivity contribution < 1.29 is 4.79 Å². The third-order valence-electron chi connectivity index (χ3n) is 5.03. The SMILES string of the molecule is CCCCc1ccc(C(CC(=O)c2ccc(Br)cc2)c2ccc(Br)cc2)cc1. The van der Waals surface area contributed by atoms with E-state index in [0.717, 1.165) is 26.5 Å². The zero-order valence-electron chi connectivity index (χ0n) is 16.0. The van der Waals surface area contributed by atoms with Gasteiger partial charge in [0, 0.05) is 26.8 Å². The van der Waals surface area contributed by atoms with E-state index in [1.54, 1.807) is 0 Å². The maximum atomic E-state index is 13.0. The maximum Gasteiger partial charge on any atom is 0.163 e. The van der Waals surface area contributed by atoms with E-state index in [2.05, 4.69) is 75.2 Å². The Morgan fingerprint density at radius 2 is 1.29 bits per heavy atom. The summed E-state index contributed by atoms with van der Waals surface area (Å²) in [6.45, 7) is 2.21. The monoisotopic (exact) mass is 498 g/mol. The van der Waals surface area contributed by atoms with E-state index in [9.17, 15) is 4.79 Å². The summed E-state index contributed by atoms with van der Waals surface area (Å²) in [7, 11) is 0. The van der Waals surface area contributed by atoms with Gasteiger partial charge in [0.2, 0.25) is 0 Å². The number of rotatable bonds is 8. The van der Waals surface area contributed by atoms with Gasteiger partial charge in [0.1, 0.15) is 0 Å². The first-order valence-electron chi connectivity index (χ1n) is 9.70. The lowest BCUT2D eigenvalue weighted by molar-refractivity contribution is 0.0977.